The molecule has 5 rings (SSSR count). The van der Waals surface area contributed by atoms with Crippen molar-refractivity contribution in [1.82, 2.24) is 19.4 Å². The molecule has 0 fully saturated rings. The number of aromatic nitrogens is 3. The lowest BCUT2D eigenvalue weighted by atomic mass is 10.2. The van der Waals surface area contributed by atoms with Gasteiger partial charge in [0.1, 0.15) is 11.3 Å². The second kappa shape index (κ2) is 7.27. The standard InChI is InChI=1S/C23H20FN5O/c1-28(2)14-15-8-11-21-19(12-15)26-23(30-21)27-22-25-18-13-16(24)9-10-20(18)29(22)17-6-4-3-5-7-17/h3-13H,14H2,1-2H3,(H,25,26,27). The van der Waals surface area contributed by atoms with Gasteiger partial charge in [0.25, 0.3) is 0 Å². The highest BCUT2D eigenvalue weighted by atomic mass is 19.1. The highest BCUT2D eigenvalue weighted by Crippen LogP contribution is 2.29. The number of oxazole rings is 1. The largest absolute Gasteiger partial charge is 0.423 e. The minimum absolute atomic E-state index is 0.331. The number of anilines is 2. The zero-order valence-corrected chi connectivity index (χ0v) is 16.6. The van der Waals surface area contributed by atoms with E-state index in [1.54, 1.807) is 6.07 Å². The van der Waals surface area contributed by atoms with E-state index in [9.17, 15) is 4.39 Å². The first-order valence-electron chi connectivity index (χ1n) is 9.61. The third-order valence-corrected chi connectivity index (χ3v) is 4.80. The van der Waals surface area contributed by atoms with E-state index in [-0.39, 0.29) is 5.82 Å². The SMILES string of the molecule is CN(C)Cc1ccc2oc(Nc3nc4cc(F)ccc4n3-c3ccccc3)nc2c1. The first-order valence-corrected chi connectivity index (χ1v) is 9.61. The number of benzene rings is 3. The van der Waals surface area contributed by atoms with Crippen molar-refractivity contribution in [2.75, 3.05) is 19.4 Å². The van der Waals surface area contributed by atoms with Gasteiger partial charge in [0, 0.05) is 18.3 Å². The summed E-state index contributed by atoms with van der Waals surface area (Å²) in [5.74, 6) is 0.170. The molecule has 150 valence electrons. The monoisotopic (exact) mass is 401 g/mol. The van der Waals surface area contributed by atoms with Crippen molar-refractivity contribution in [2.45, 2.75) is 6.54 Å². The van der Waals surface area contributed by atoms with Gasteiger partial charge in [0.15, 0.2) is 5.58 Å². The summed E-state index contributed by atoms with van der Waals surface area (Å²) in [6, 6.07) is 20.6. The summed E-state index contributed by atoms with van der Waals surface area (Å²) in [5.41, 5.74) is 4.84. The third-order valence-electron chi connectivity index (χ3n) is 4.80. The van der Waals surface area contributed by atoms with Gasteiger partial charge in [-0.05, 0) is 56.1 Å². The molecule has 0 aliphatic heterocycles. The number of halogens is 1. The fourth-order valence-electron chi connectivity index (χ4n) is 3.56. The topological polar surface area (TPSA) is 59.1 Å². The van der Waals surface area contributed by atoms with E-state index in [1.165, 1.54) is 12.1 Å². The lowest BCUT2D eigenvalue weighted by molar-refractivity contribution is 0.402. The Balaban J connectivity index is 1.58. The van der Waals surface area contributed by atoms with Crippen LogP contribution in [-0.2, 0) is 6.54 Å². The maximum Gasteiger partial charge on any atom is 0.302 e. The van der Waals surface area contributed by atoms with Crippen LogP contribution in [0, 0.1) is 5.82 Å². The number of para-hydroxylation sites is 1. The van der Waals surface area contributed by atoms with Gasteiger partial charge >= 0.3 is 6.01 Å². The van der Waals surface area contributed by atoms with Crippen LogP contribution in [0.2, 0.25) is 0 Å². The summed E-state index contributed by atoms with van der Waals surface area (Å²) in [6.45, 7) is 0.820. The summed E-state index contributed by atoms with van der Waals surface area (Å²) in [6.07, 6.45) is 0. The number of hydrogen-bond donors (Lipinski definition) is 1. The Morgan fingerprint density at radius 2 is 1.80 bits per heavy atom. The average Bonchev–Trinajstić information content (AvgIpc) is 3.27. The molecular weight excluding hydrogens is 381 g/mol. The molecule has 30 heavy (non-hydrogen) atoms. The number of imidazole rings is 1. The summed E-state index contributed by atoms with van der Waals surface area (Å²) in [5, 5.41) is 3.17. The van der Waals surface area contributed by atoms with E-state index >= 15 is 0 Å². The first kappa shape index (κ1) is 18.3. The van der Waals surface area contributed by atoms with Crippen molar-refractivity contribution in [3.05, 3.63) is 78.1 Å². The summed E-state index contributed by atoms with van der Waals surface area (Å²) < 4.78 is 21.6. The zero-order chi connectivity index (χ0) is 20.7. The maximum atomic E-state index is 13.8. The smallest absolute Gasteiger partial charge is 0.302 e. The van der Waals surface area contributed by atoms with E-state index in [0.29, 0.717) is 23.1 Å². The van der Waals surface area contributed by atoms with Gasteiger partial charge < -0.3 is 9.32 Å². The van der Waals surface area contributed by atoms with Gasteiger partial charge in [0.2, 0.25) is 5.95 Å². The van der Waals surface area contributed by atoms with Crippen LogP contribution in [0.25, 0.3) is 27.8 Å². The number of hydrogen-bond acceptors (Lipinski definition) is 5. The third kappa shape index (κ3) is 3.40. The van der Waals surface area contributed by atoms with Crippen LogP contribution in [0.1, 0.15) is 5.56 Å². The summed E-state index contributed by atoms with van der Waals surface area (Å²) >= 11 is 0. The molecule has 0 aliphatic rings. The van der Waals surface area contributed by atoms with Crippen molar-refractivity contribution in [1.29, 1.82) is 0 Å². The number of fused-ring (bicyclic) bond motifs is 2. The number of nitrogens with one attached hydrogen (secondary N) is 1. The minimum Gasteiger partial charge on any atom is -0.423 e. The predicted molar refractivity (Wildman–Crippen MR) is 116 cm³/mol. The molecule has 3 aromatic carbocycles. The molecule has 0 atom stereocenters. The Hall–Kier alpha value is -3.71. The molecule has 6 nitrogen and oxygen atoms in total. The molecule has 0 aliphatic carbocycles. The van der Waals surface area contributed by atoms with Crippen LogP contribution in [-0.4, -0.2) is 33.5 Å². The molecule has 0 unspecified atom stereocenters. The van der Waals surface area contributed by atoms with E-state index in [2.05, 4.69) is 20.2 Å². The normalized spacial score (nSPS) is 11.6. The van der Waals surface area contributed by atoms with Gasteiger partial charge in [-0.15, -0.1) is 0 Å². The Morgan fingerprint density at radius 3 is 2.60 bits per heavy atom. The molecule has 2 heterocycles. The molecule has 0 amide bonds. The molecule has 0 bridgehead atoms. The van der Waals surface area contributed by atoms with Gasteiger partial charge in [-0.1, -0.05) is 24.3 Å². The van der Waals surface area contributed by atoms with Gasteiger partial charge in [0.05, 0.1) is 11.0 Å². The van der Waals surface area contributed by atoms with Crippen molar-refractivity contribution < 1.29 is 8.81 Å². The zero-order valence-electron chi connectivity index (χ0n) is 16.6. The van der Waals surface area contributed by atoms with Crippen LogP contribution in [0.4, 0.5) is 16.4 Å². The van der Waals surface area contributed by atoms with E-state index in [0.717, 1.165) is 28.8 Å². The second-order valence-corrected chi connectivity index (χ2v) is 7.42. The fraction of sp³-hybridized carbons (Fsp3) is 0.130. The molecule has 0 saturated heterocycles. The van der Waals surface area contributed by atoms with Crippen molar-refractivity contribution in [3.8, 4) is 5.69 Å². The average molecular weight is 401 g/mol. The molecule has 0 radical (unpaired) electrons. The quantitative estimate of drug-likeness (QED) is 0.443. The molecule has 1 N–H and O–H groups in total. The van der Waals surface area contributed by atoms with E-state index in [1.807, 2.05) is 67.2 Å². The fourth-order valence-corrected chi connectivity index (χ4v) is 3.56. The van der Waals surface area contributed by atoms with Crippen LogP contribution >= 0.6 is 0 Å². The van der Waals surface area contributed by atoms with Crippen LogP contribution in [0.5, 0.6) is 0 Å². The summed E-state index contributed by atoms with van der Waals surface area (Å²) in [7, 11) is 4.05. The maximum absolute atomic E-state index is 13.8. The minimum atomic E-state index is -0.331. The number of nitrogens with zero attached hydrogens (tertiary/aromatic N) is 4. The predicted octanol–water partition coefficient (Wildman–Crippen LogP) is 5.11. The Labute approximate surface area is 172 Å². The van der Waals surface area contributed by atoms with Gasteiger partial charge in [-0.2, -0.15) is 4.98 Å². The van der Waals surface area contributed by atoms with Crippen LogP contribution < -0.4 is 5.32 Å². The Bertz CT molecular complexity index is 1340. The van der Waals surface area contributed by atoms with Crippen LogP contribution in [0.15, 0.2) is 71.1 Å². The van der Waals surface area contributed by atoms with E-state index in [4.69, 9.17) is 4.42 Å². The van der Waals surface area contributed by atoms with Crippen molar-refractivity contribution in [2.24, 2.45) is 0 Å². The van der Waals surface area contributed by atoms with Gasteiger partial charge in [-0.3, -0.25) is 9.88 Å². The highest BCUT2D eigenvalue weighted by molar-refractivity contribution is 5.82. The Morgan fingerprint density at radius 1 is 0.967 bits per heavy atom. The van der Waals surface area contributed by atoms with Crippen molar-refractivity contribution in [3.63, 3.8) is 0 Å². The van der Waals surface area contributed by atoms with Gasteiger partial charge in [-0.25, -0.2) is 9.37 Å². The molecule has 0 saturated carbocycles. The lowest BCUT2D eigenvalue weighted by Crippen LogP contribution is -2.10. The number of rotatable bonds is 5. The lowest BCUT2D eigenvalue weighted by Gasteiger charge is -2.08. The molecule has 7 heteroatoms. The highest BCUT2D eigenvalue weighted by Gasteiger charge is 2.16. The molecule has 0 spiro atoms. The molecule has 2 aromatic heterocycles. The first-order chi connectivity index (χ1) is 14.6. The van der Waals surface area contributed by atoms with Crippen LogP contribution in [0.3, 0.4) is 0 Å². The summed E-state index contributed by atoms with van der Waals surface area (Å²) in [4.78, 5) is 11.3. The van der Waals surface area contributed by atoms with Crippen molar-refractivity contribution >= 4 is 34.1 Å². The molecular formula is C23H20FN5O. The Kier molecular flexibility index (Phi) is 4.44. The van der Waals surface area contributed by atoms with E-state index < -0.39 is 0 Å². The molecule has 5 aromatic rings. The second-order valence-electron chi connectivity index (χ2n) is 7.42.